The van der Waals surface area contributed by atoms with E-state index in [9.17, 15) is 14.7 Å². The molecule has 0 aliphatic carbocycles. The van der Waals surface area contributed by atoms with E-state index in [0.29, 0.717) is 31.6 Å². The summed E-state index contributed by atoms with van der Waals surface area (Å²) in [6.45, 7) is 0.892. The molecule has 1 amide bonds. The summed E-state index contributed by atoms with van der Waals surface area (Å²) in [6.07, 6.45) is 3.93. The fourth-order valence-electron chi connectivity index (χ4n) is 2.70. The van der Waals surface area contributed by atoms with Crippen LogP contribution < -0.4 is 5.32 Å². The number of hydrogen-bond donors (Lipinski definition) is 2. The van der Waals surface area contributed by atoms with Crippen molar-refractivity contribution in [3.05, 3.63) is 42.5 Å². The predicted octanol–water partition coefficient (Wildman–Crippen LogP) is 0.878. The Labute approximate surface area is 138 Å². The van der Waals surface area contributed by atoms with Crippen LogP contribution in [0.25, 0.3) is 5.69 Å². The Morgan fingerprint density at radius 2 is 1.79 bits per heavy atom. The van der Waals surface area contributed by atoms with E-state index in [2.05, 4.69) is 15.5 Å². The highest BCUT2D eigenvalue weighted by molar-refractivity contribution is 5.94. The first kappa shape index (κ1) is 16.1. The molecule has 24 heavy (non-hydrogen) atoms. The summed E-state index contributed by atoms with van der Waals surface area (Å²) in [5, 5.41) is 19.7. The van der Waals surface area contributed by atoms with Crippen molar-refractivity contribution in [3.63, 3.8) is 0 Å². The Hall–Kier alpha value is -2.74. The lowest BCUT2D eigenvalue weighted by Crippen LogP contribution is -2.46. The van der Waals surface area contributed by atoms with Gasteiger partial charge in [0.15, 0.2) is 0 Å². The molecular weight excluding hydrogens is 312 g/mol. The van der Waals surface area contributed by atoms with Crippen LogP contribution in [0, 0.1) is 5.41 Å². The number of benzene rings is 1. The lowest BCUT2D eigenvalue weighted by atomic mass is 9.80. The summed E-state index contributed by atoms with van der Waals surface area (Å²) in [5.74, 6) is -1.19. The van der Waals surface area contributed by atoms with Gasteiger partial charge in [-0.2, -0.15) is 0 Å². The maximum Gasteiger partial charge on any atom is 0.311 e. The SMILES string of the molecule is O=C(NCC1(C(=O)O)CCOCC1)c1ccc(-n2cnnc2)cc1. The second-order valence-corrected chi connectivity index (χ2v) is 5.80. The van der Waals surface area contributed by atoms with Crippen molar-refractivity contribution in [1.82, 2.24) is 20.1 Å². The Morgan fingerprint density at radius 3 is 2.38 bits per heavy atom. The molecule has 2 aromatic rings. The van der Waals surface area contributed by atoms with Gasteiger partial charge < -0.3 is 15.2 Å². The largest absolute Gasteiger partial charge is 0.481 e. The molecule has 2 N–H and O–H groups in total. The second kappa shape index (κ2) is 6.79. The number of amides is 1. The van der Waals surface area contributed by atoms with E-state index in [1.54, 1.807) is 41.5 Å². The lowest BCUT2D eigenvalue weighted by Gasteiger charge is -2.33. The number of hydrogen-bond acceptors (Lipinski definition) is 5. The monoisotopic (exact) mass is 330 g/mol. The van der Waals surface area contributed by atoms with Crippen molar-refractivity contribution in [2.75, 3.05) is 19.8 Å². The van der Waals surface area contributed by atoms with Crippen LogP contribution in [0.2, 0.25) is 0 Å². The number of rotatable bonds is 5. The molecule has 0 bridgehead atoms. The first-order valence-electron chi connectivity index (χ1n) is 7.65. The number of ether oxygens (including phenoxy) is 1. The van der Waals surface area contributed by atoms with Crippen molar-refractivity contribution in [2.24, 2.45) is 5.41 Å². The molecule has 126 valence electrons. The number of aromatic nitrogens is 3. The molecule has 1 aromatic carbocycles. The average molecular weight is 330 g/mol. The number of nitrogens with one attached hydrogen (secondary N) is 1. The van der Waals surface area contributed by atoms with E-state index in [4.69, 9.17) is 4.74 Å². The summed E-state index contributed by atoms with van der Waals surface area (Å²) in [4.78, 5) is 23.9. The maximum absolute atomic E-state index is 12.3. The van der Waals surface area contributed by atoms with Crippen LogP contribution in [-0.2, 0) is 9.53 Å². The summed E-state index contributed by atoms with van der Waals surface area (Å²) in [6, 6.07) is 6.92. The molecule has 1 aromatic heterocycles. The van der Waals surface area contributed by atoms with Crippen LogP contribution in [0.5, 0.6) is 0 Å². The van der Waals surface area contributed by atoms with Gasteiger partial charge in [0.05, 0.1) is 5.41 Å². The highest BCUT2D eigenvalue weighted by Crippen LogP contribution is 2.30. The van der Waals surface area contributed by atoms with Gasteiger partial charge in [-0.1, -0.05) is 0 Å². The summed E-state index contributed by atoms with van der Waals surface area (Å²) < 4.78 is 6.95. The van der Waals surface area contributed by atoms with Crippen molar-refractivity contribution in [1.29, 1.82) is 0 Å². The number of carbonyl (C=O) groups is 2. The smallest absolute Gasteiger partial charge is 0.311 e. The molecule has 1 fully saturated rings. The van der Waals surface area contributed by atoms with E-state index in [1.807, 2.05) is 0 Å². The molecular formula is C16H18N4O4. The summed E-state index contributed by atoms with van der Waals surface area (Å²) in [7, 11) is 0. The van der Waals surface area contributed by atoms with Crippen LogP contribution >= 0.6 is 0 Å². The van der Waals surface area contributed by atoms with E-state index in [-0.39, 0.29) is 12.5 Å². The van der Waals surface area contributed by atoms with E-state index >= 15 is 0 Å². The first-order chi connectivity index (χ1) is 11.6. The Kier molecular flexibility index (Phi) is 4.57. The van der Waals surface area contributed by atoms with Gasteiger partial charge in [-0.3, -0.25) is 14.2 Å². The molecule has 1 aliphatic heterocycles. The molecule has 1 saturated heterocycles. The van der Waals surface area contributed by atoms with Gasteiger partial charge >= 0.3 is 5.97 Å². The molecule has 2 heterocycles. The van der Waals surface area contributed by atoms with Crippen LogP contribution in [0.15, 0.2) is 36.9 Å². The molecule has 0 saturated carbocycles. The molecule has 0 radical (unpaired) electrons. The van der Waals surface area contributed by atoms with E-state index in [1.165, 1.54) is 0 Å². The van der Waals surface area contributed by atoms with Gasteiger partial charge in [0.1, 0.15) is 12.7 Å². The third-order valence-corrected chi connectivity index (χ3v) is 4.34. The van der Waals surface area contributed by atoms with E-state index in [0.717, 1.165) is 5.69 Å². The quantitative estimate of drug-likeness (QED) is 0.843. The Bertz CT molecular complexity index is 706. The van der Waals surface area contributed by atoms with E-state index < -0.39 is 11.4 Å². The third-order valence-electron chi connectivity index (χ3n) is 4.34. The van der Waals surface area contributed by atoms with Crippen molar-refractivity contribution >= 4 is 11.9 Å². The predicted molar refractivity (Wildman–Crippen MR) is 83.8 cm³/mol. The minimum absolute atomic E-state index is 0.0950. The minimum atomic E-state index is -0.948. The summed E-state index contributed by atoms with van der Waals surface area (Å²) >= 11 is 0. The molecule has 1 aliphatic rings. The number of carbonyl (C=O) groups excluding carboxylic acids is 1. The van der Waals surface area contributed by atoms with Gasteiger partial charge in [-0.15, -0.1) is 10.2 Å². The van der Waals surface area contributed by atoms with Crippen LogP contribution in [0.3, 0.4) is 0 Å². The molecule has 0 unspecified atom stereocenters. The lowest BCUT2D eigenvalue weighted by molar-refractivity contribution is -0.154. The Balaban J connectivity index is 1.65. The highest BCUT2D eigenvalue weighted by Gasteiger charge is 2.40. The zero-order valence-corrected chi connectivity index (χ0v) is 13.0. The van der Waals surface area contributed by atoms with Gasteiger partial charge in [-0.05, 0) is 37.1 Å². The molecule has 0 spiro atoms. The maximum atomic E-state index is 12.3. The molecule has 8 heteroatoms. The standard InChI is InChI=1S/C16H18N4O4/c21-14(17-9-16(15(22)23)5-7-24-8-6-16)12-1-3-13(4-2-12)20-10-18-19-11-20/h1-4,10-11H,5-9H2,(H,17,21)(H,22,23). The van der Waals surface area contributed by atoms with Gasteiger partial charge in [0.2, 0.25) is 0 Å². The topological polar surface area (TPSA) is 106 Å². The fourth-order valence-corrected chi connectivity index (χ4v) is 2.70. The Morgan fingerprint density at radius 1 is 1.17 bits per heavy atom. The van der Waals surface area contributed by atoms with Gasteiger partial charge in [-0.25, -0.2) is 0 Å². The number of carboxylic acids is 1. The number of carboxylic acid groups (broad SMARTS) is 1. The second-order valence-electron chi connectivity index (χ2n) is 5.80. The fraction of sp³-hybridized carbons (Fsp3) is 0.375. The van der Waals surface area contributed by atoms with Gasteiger partial charge in [0, 0.05) is 31.0 Å². The highest BCUT2D eigenvalue weighted by atomic mass is 16.5. The van der Waals surface area contributed by atoms with Crippen LogP contribution in [-0.4, -0.2) is 51.5 Å². The molecule has 3 rings (SSSR count). The molecule has 0 atom stereocenters. The normalized spacial score (nSPS) is 16.5. The van der Waals surface area contributed by atoms with Crippen molar-refractivity contribution in [2.45, 2.75) is 12.8 Å². The average Bonchev–Trinajstić information content (AvgIpc) is 3.15. The van der Waals surface area contributed by atoms with Crippen LogP contribution in [0.1, 0.15) is 23.2 Å². The van der Waals surface area contributed by atoms with Gasteiger partial charge in [0.25, 0.3) is 5.91 Å². The zero-order chi connectivity index (χ0) is 17.0. The number of aliphatic carboxylic acids is 1. The van der Waals surface area contributed by atoms with Crippen molar-refractivity contribution in [3.8, 4) is 5.69 Å². The first-order valence-corrected chi connectivity index (χ1v) is 7.65. The van der Waals surface area contributed by atoms with Crippen molar-refractivity contribution < 1.29 is 19.4 Å². The van der Waals surface area contributed by atoms with Crippen LogP contribution in [0.4, 0.5) is 0 Å². The zero-order valence-electron chi connectivity index (χ0n) is 13.0. The molecule has 8 nitrogen and oxygen atoms in total. The summed E-state index contributed by atoms with van der Waals surface area (Å²) in [5.41, 5.74) is 0.360. The number of nitrogens with zero attached hydrogens (tertiary/aromatic N) is 3. The third kappa shape index (κ3) is 3.28. The minimum Gasteiger partial charge on any atom is -0.481 e.